The number of oxazole rings is 1. The maximum Gasteiger partial charge on any atom is 0.223 e. The van der Waals surface area contributed by atoms with Crippen molar-refractivity contribution in [3.05, 3.63) is 17.3 Å². The number of likely N-dealkylation sites (tertiary alicyclic amines) is 1. The molecule has 1 fully saturated rings. The van der Waals surface area contributed by atoms with Gasteiger partial charge in [-0.2, -0.15) is 0 Å². The van der Waals surface area contributed by atoms with Crippen LogP contribution in [0, 0.1) is 18.8 Å². The van der Waals surface area contributed by atoms with Crippen LogP contribution in [0.15, 0.2) is 4.42 Å². The van der Waals surface area contributed by atoms with E-state index in [0.717, 1.165) is 30.4 Å². The first kappa shape index (κ1) is 17.0. The van der Waals surface area contributed by atoms with E-state index in [0.29, 0.717) is 24.7 Å². The monoisotopic (exact) mass is 306 g/mol. The minimum Gasteiger partial charge on any atom is -0.445 e. The average molecular weight is 306 g/mol. The van der Waals surface area contributed by atoms with Crippen LogP contribution in [0.4, 0.5) is 0 Å². The van der Waals surface area contributed by atoms with Gasteiger partial charge in [0.2, 0.25) is 5.91 Å². The third-order valence-electron chi connectivity index (χ3n) is 4.32. The summed E-state index contributed by atoms with van der Waals surface area (Å²) in [5, 5.41) is 0. The molecule has 0 spiro atoms. The van der Waals surface area contributed by atoms with Crippen LogP contribution in [0.1, 0.15) is 64.8 Å². The van der Waals surface area contributed by atoms with Crippen molar-refractivity contribution in [3.8, 4) is 0 Å². The molecule has 4 nitrogen and oxygen atoms in total. The lowest BCUT2D eigenvalue weighted by Gasteiger charge is -2.35. The Morgan fingerprint density at radius 1 is 1.27 bits per heavy atom. The minimum atomic E-state index is -0.0925. The quantitative estimate of drug-likeness (QED) is 0.855. The van der Waals surface area contributed by atoms with E-state index in [1.807, 2.05) is 11.8 Å². The van der Waals surface area contributed by atoms with Crippen molar-refractivity contribution in [2.45, 2.75) is 66.2 Å². The van der Waals surface area contributed by atoms with Gasteiger partial charge in [-0.25, -0.2) is 4.98 Å². The van der Waals surface area contributed by atoms with E-state index < -0.39 is 0 Å². The summed E-state index contributed by atoms with van der Waals surface area (Å²) in [4.78, 5) is 19.0. The number of amides is 1. The molecule has 1 aromatic rings. The van der Waals surface area contributed by atoms with E-state index in [2.05, 4.69) is 39.6 Å². The maximum atomic E-state index is 12.4. The molecule has 2 heterocycles. The standard InChI is InChI=1S/C18H30N2O2/c1-12-9-13(2)11-20(10-12)16(21)8-7-15-14(3)19-17(22-15)18(4,5)6/h12-13H,7-11H2,1-6H3. The lowest BCUT2D eigenvalue weighted by atomic mass is 9.91. The topological polar surface area (TPSA) is 46.3 Å². The van der Waals surface area contributed by atoms with Gasteiger partial charge in [0, 0.05) is 31.3 Å². The Balaban J connectivity index is 1.95. The number of piperidine rings is 1. The minimum absolute atomic E-state index is 0.0925. The number of aryl methyl sites for hydroxylation is 2. The lowest BCUT2D eigenvalue weighted by Crippen LogP contribution is -2.42. The molecule has 0 radical (unpaired) electrons. The third kappa shape index (κ3) is 4.11. The fraction of sp³-hybridized carbons (Fsp3) is 0.778. The molecule has 0 aromatic carbocycles. The molecule has 22 heavy (non-hydrogen) atoms. The van der Waals surface area contributed by atoms with Gasteiger partial charge >= 0.3 is 0 Å². The first-order chi connectivity index (χ1) is 10.2. The SMILES string of the molecule is Cc1nc(C(C)(C)C)oc1CCC(=O)N1CC(C)CC(C)C1. The van der Waals surface area contributed by atoms with E-state index in [1.165, 1.54) is 6.42 Å². The van der Waals surface area contributed by atoms with Crippen LogP contribution < -0.4 is 0 Å². The van der Waals surface area contributed by atoms with Gasteiger partial charge in [-0.1, -0.05) is 34.6 Å². The Hall–Kier alpha value is -1.32. The number of carbonyl (C=O) groups excluding carboxylic acids is 1. The lowest BCUT2D eigenvalue weighted by molar-refractivity contribution is -0.133. The first-order valence-corrected chi connectivity index (χ1v) is 8.41. The second-order valence-corrected chi connectivity index (χ2v) is 8.02. The van der Waals surface area contributed by atoms with Crippen molar-refractivity contribution in [1.29, 1.82) is 0 Å². The highest BCUT2D eigenvalue weighted by molar-refractivity contribution is 5.76. The van der Waals surface area contributed by atoms with Crippen LogP contribution in [0.25, 0.3) is 0 Å². The Bertz CT molecular complexity index is 518. The smallest absolute Gasteiger partial charge is 0.223 e. The van der Waals surface area contributed by atoms with Crippen LogP contribution >= 0.6 is 0 Å². The summed E-state index contributed by atoms with van der Waals surface area (Å²) in [6.07, 6.45) is 2.38. The van der Waals surface area contributed by atoms with E-state index in [4.69, 9.17) is 4.42 Å². The van der Waals surface area contributed by atoms with Gasteiger partial charge in [0.25, 0.3) is 0 Å². The normalized spacial score (nSPS) is 22.9. The number of carbonyl (C=O) groups is 1. The van der Waals surface area contributed by atoms with Gasteiger partial charge in [0.05, 0.1) is 5.69 Å². The first-order valence-electron chi connectivity index (χ1n) is 8.41. The van der Waals surface area contributed by atoms with E-state index in [1.54, 1.807) is 0 Å². The van der Waals surface area contributed by atoms with Gasteiger partial charge in [-0.05, 0) is 25.2 Å². The number of aromatic nitrogens is 1. The summed E-state index contributed by atoms with van der Waals surface area (Å²) in [6, 6.07) is 0. The maximum absolute atomic E-state index is 12.4. The molecule has 0 aliphatic carbocycles. The molecule has 1 aliphatic rings. The van der Waals surface area contributed by atoms with E-state index in [-0.39, 0.29) is 11.3 Å². The van der Waals surface area contributed by atoms with Crippen molar-refractivity contribution in [3.63, 3.8) is 0 Å². The van der Waals surface area contributed by atoms with Crippen LogP contribution in [0.5, 0.6) is 0 Å². The molecule has 0 saturated carbocycles. The van der Waals surface area contributed by atoms with Gasteiger partial charge < -0.3 is 9.32 Å². The van der Waals surface area contributed by atoms with Crippen molar-refractivity contribution in [2.75, 3.05) is 13.1 Å². The zero-order valence-electron chi connectivity index (χ0n) is 14.9. The zero-order chi connectivity index (χ0) is 16.5. The molecule has 0 N–H and O–H groups in total. The molecular formula is C18H30N2O2. The Labute approximate surface area is 134 Å². The van der Waals surface area contributed by atoms with Crippen molar-refractivity contribution in [2.24, 2.45) is 11.8 Å². The molecule has 1 saturated heterocycles. The fourth-order valence-corrected chi connectivity index (χ4v) is 3.23. The van der Waals surface area contributed by atoms with E-state index in [9.17, 15) is 4.79 Å². The molecule has 2 unspecified atom stereocenters. The van der Waals surface area contributed by atoms with Gasteiger partial charge in [-0.3, -0.25) is 4.79 Å². The molecule has 4 heteroatoms. The Morgan fingerprint density at radius 2 is 1.86 bits per heavy atom. The van der Waals surface area contributed by atoms with Crippen LogP contribution in [-0.4, -0.2) is 28.9 Å². The van der Waals surface area contributed by atoms with Gasteiger partial charge in [0.15, 0.2) is 5.89 Å². The zero-order valence-corrected chi connectivity index (χ0v) is 14.9. The highest BCUT2D eigenvalue weighted by Crippen LogP contribution is 2.25. The van der Waals surface area contributed by atoms with Gasteiger partial charge in [-0.15, -0.1) is 0 Å². The fourth-order valence-electron chi connectivity index (χ4n) is 3.23. The summed E-state index contributed by atoms with van der Waals surface area (Å²) < 4.78 is 5.88. The molecule has 2 atom stereocenters. The molecule has 1 amide bonds. The molecule has 124 valence electrons. The summed E-state index contributed by atoms with van der Waals surface area (Å²) in [5.74, 6) is 3.06. The molecule has 1 aliphatic heterocycles. The third-order valence-corrected chi connectivity index (χ3v) is 4.32. The van der Waals surface area contributed by atoms with Crippen LogP contribution in [0.3, 0.4) is 0 Å². The molecular weight excluding hydrogens is 276 g/mol. The highest BCUT2D eigenvalue weighted by atomic mass is 16.4. The predicted octanol–water partition coefficient (Wildman–Crippen LogP) is 3.72. The number of hydrogen-bond donors (Lipinski definition) is 0. The van der Waals surface area contributed by atoms with E-state index >= 15 is 0 Å². The summed E-state index contributed by atoms with van der Waals surface area (Å²) in [7, 11) is 0. The Kier molecular flexibility index (Phi) is 4.98. The molecule has 2 rings (SSSR count). The summed E-state index contributed by atoms with van der Waals surface area (Å²) in [6.45, 7) is 14.5. The molecule has 1 aromatic heterocycles. The van der Waals surface area contributed by atoms with Crippen molar-refractivity contribution >= 4 is 5.91 Å². The number of hydrogen-bond acceptors (Lipinski definition) is 3. The summed E-state index contributed by atoms with van der Waals surface area (Å²) >= 11 is 0. The Morgan fingerprint density at radius 3 is 2.36 bits per heavy atom. The number of nitrogens with zero attached hydrogens (tertiary/aromatic N) is 2. The largest absolute Gasteiger partial charge is 0.445 e. The highest BCUT2D eigenvalue weighted by Gasteiger charge is 2.26. The number of rotatable bonds is 3. The van der Waals surface area contributed by atoms with Crippen molar-refractivity contribution < 1.29 is 9.21 Å². The van der Waals surface area contributed by atoms with Crippen LogP contribution in [-0.2, 0) is 16.6 Å². The summed E-state index contributed by atoms with van der Waals surface area (Å²) in [5.41, 5.74) is 0.822. The second kappa shape index (κ2) is 6.43. The van der Waals surface area contributed by atoms with Crippen molar-refractivity contribution in [1.82, 2.24) is 9.88 Å². The predicted molar refractivity (Wildman–Crippen MR) is 87.8 cm³/mol. The second-order valence-electron chi connectivity index (χ2n) is 8.02. The average Bonchev–Trinajstić information content (AvgIpc) is 2.76. The molecule has 0 bridgehead atoms. The van der Waals surface area contributed by atoms with Crippen LogP contribution in [0.2, 0.25) is 0 Å². The van der Waals surface area contributed by atoms with Gasteiger partial charge in [0.1, 0.15) is 5.76 Å².